The van der Waals surface area contributed by atoms with Crippen molar-refractivity contribution in [3.05, 3.63) is 29.8 Å². The number of nitrogens with zero attached hydrogens (tertiary/aromatic N) is 4. The third-order valence-corrected chi connectivity index (χ3v) is 4.44. The maximum Gasteiger partial charge on any atom is 0.203 e. The number of guanidine groups is 1. The van der Waals surface area contributed by atoms with Crippen LogP contribution in [0.25, 0.3) is 0 Å². The molecule has 9 nitrogen and oxygen atoms in total. The highest BCUT2D eigenvalue weighted by Gasteiger charge is 2.15. The van der Waals surface area contributed by atoms with Crippen LogP contribution in [0.3, 0.4) is 0 Å². The Kier molecular flexibility index (Phi) is 9.07. The monoisotopic (exact) mass is 404 g/mol. The fourth-order valence-corrected chi connectivity index (χ4v) is 3.02. The van der Waals surface area contributed by atoms with Crippen molar-refractivity contribution in [3.8, 4) is 17.2 Å². The Labute approximate surface area is 172 Å². The summed E-state index contributed by atoms with van der Waals surface area (Å²) >= 11 is 0. The first kappa shape index (κ1) is 22.3. The van der Waals surface area contributed by atoms with Gasteiger partial charge in [-0.3, -0.25) is 4.99 Å². The zero-order chi connectivity index (χ0) is 21.1. The third kappa shape index (κ3) is 6.00. The Bertz CT molecular complexity index is 791. The van der Waals surface area contributed by atoms with Crippen molar-refractivity contribution in [3.63, 3.8) is 0 Å². The molecule has 0 fully saturated rings. The zero-order valence-corrected chi connectivity index (χ0v) is 18.0. The summed E-state index contributed by atoms with van der Waals surface area (Å²) in [5.74, 6) is 3.68. The molecule has 0 aliphatic rings. The molecule has 9 heteroatoms. The predicted octanol–water partition coefficient (Wildman–Crippen LogP) is 1.66. The van der Waals surface area contributed by atoms with Gasteiger partial charge in [-0.15, -0.1) is 10.2 Å². The van der Waals surface area contributed by atoms with Gasteiger partial charge in [-0.1, -0.05) is 13.0 Å². The average molecular weight is 405 g/mol. The minimum atomic E-state index is 0.599. The van der Waals surface area contributed by atoms with Gasteiger partial charge in [0.1, 0.15) is 12.2 Å². The lowest BCUT2D eigenvalue weighted by Gasteiger charge is -2.16. The van der Waals surface area contributed by atoms with E-state index in [-0.39, 0.29) is 0 Å². The number of aromatic nitrogens is 3. The lowest BCUT2D eigenvalue weighted by atomic mass is 10.1. The Morgan fingerprint density at radius 3 is 2.52 bits per heavy atom. The lowest BCUT2D eigenvalue weighted by molar-refractivity contribution is 0.322. The SMILES string of the molecule is CCNC(=NCCc1ccc(OC)c(OC)c1OC)NCCn1cnnc1CC. The van der Waals surface area contributed by atoms with Crippen molar-refractivity contribution in [2.24, 2.45) is 4.99 Å². The van der Waals surface area contributed by atoms with Crippen LogP contribution in [0.15, 0.2) is 23.5 Å². The van der Waals surface area contributed by atoms with Crippen molar-refractivity contribution in [1.82, 2.24) is 25.4 Å². The highest BCUT2D eigenvalue weighted by atomic mass is 16.5. The van der Waals surface area contributed by atoms with Gasteiger partial charge in [-0.25, -0.2) is 0 Å². The first-order valence-electron chi connectivity index (χ1n) is 9.85. The fraction of sp³-hybridized carbons (Fsp3) is 0.550. The van der Waals surface area contributed by atoms with Gasteiger partial charge >= 0.3 is 0 Å². The van der Waals surface area contributed by atoms with E-state index < -0.39 is 0 Å². The van der Waals surface area contributed by atoms with E-state index in [0.29, 0.717) is 30.2 Å². The van der Waals surface area contributed by atoms with Crippen LogP contribution in [0.4, 0.5) is 0 Å². The Balaban J connectivity index is 1.98. The first-order valence-corrected chi connectivity index (χ1v) is 9.85. The van der Waals surface area contributed by atoms with E-state index in [4.69, 9.17) is 14.2 Å². The van der Waals surface area contributed by atoms with Gasteiger partial charge in [0.25, 0.3) is 0 Å². The summed E-state index contributed by atoms with van der Waals surface area (Å²) in [7, 11) is 4.85. The van der Waals surface area contributed by atoms with Crippen LogP contribution in [0, 0.1) is 0 Å². The normalized spacial score (nSPS) is 11.3. The minimum absolute atomic E-state index is 0.599. The van der Waals surface area contributed by atoms with Gasteiger partial charge in [0.2, 0.25) is 5.75 Å². The minimum Gasteiger partial charge on any atom is -0.493 e. The number of aryl methyl sites for hydroxylation is 1. The highest BCUT2D eigenvalue weighted by Crippen LogP contribution is 2.39. The van der Waals surface area contributed by atoms with Gasteiger partial charge in [0, 0.05) is 38.2 Å². The van der Waals surface area contributed by atoms with Crippen molar-refractivity contribution in [2.45, 2.75) is 33.2 Å². The molecule has 0 unspecified atom stereocenters. The molecule has 0 saturated heterocycles. The molecular weight excluding hydrogens is 372 g/mol. The molecule has 29 heavy (non-hydrogen) atoms. The van der Waals surface area contributed by atoms with Crippen molar-refractivity contribution in [1.29, 1.82) is 0 Å². The smallest absolute Gasteiger partial charge is 0.203 e. The van der Waals surface area contributed by atoms with Gasteiger partial charge in [0.15, 0.2) is 17.5 Å². The number of methoxy groups -OCH3 is 3. The van der Waals surface area contributed by atoms with Crippen LogP contribution in [0.5, 0.6) is 17.2 Å². The third-order valence-electron chi connectivity index (χ3n) is 4.44. The summed E-state index contributed by atoms with van der Waals surface area (Å²) < 4.78 is 18.4. The number of benzene rings is 1. The Morgan fingerprint density at radius 1 is 1.07 bits per heavy atom. The molecule has 0 spiro atoms. The number of ether oxygens (including phenoxy) is 3. The molecule has 0 bridgehead atoms. The molecule has 0 aliphatic heterocycles. The van der Waals surface area contributed by atoms with E-state index in [1.54, 1.807) is 27.7 Å². The summed E-state index contributed by atoms with van der Waals surface area (Å²) in [6.07, 6.45) is 3.33. The van der Waals surface area contributed by atoms with Crippen LogP contribution >= 0.6 is 0 Å². The second-order valence-corrected chi connectivity index (χ2v) is 6.22. The van der Waals surface area contributed by atoms with E-state index in [1.807, 2.05) is 23.6 Å². The molecule has 0 amide bonds. The molecule has 1 aromatic carbocycles. The topological polar surface area (TPSA) is 94.8 Å². The summed E-state index contributed by atoms with van der Waals surface area (Å²) in [6.45, 7) is 7.03. The molecule has 2 rings (SSSR count). The largest absolute Gasteiger partial charge is 0.493 e. The van der Waals surface area contributed by atoms with Crippen LogP contribution in [-0.4, -0.2) is 61.7 Å². The van der Waals surface area contributed by atoms with Gasteiger partial charge in [0.05, 0.1) is 21.3 Å². The molecule has 160 valence electrons. The molecule has 0 radical (unpaired) electrons. The lowest BCUT2D eigenvalue weighted by Crippen LogP contribution is -2.39. The summed E-state index contributed by atoms with van der Waals surface area (Å²) in [5, 5.41) is 14.7. The molecular formula is C20H32N6O3. The number of nitrogens with one attached hydrogen (secondary N) is 2. The molecule has 2 N–H and O–H groups in total. The number of rotatable bonds is 11. The fourth-order valence-electron chi connectivity index (χ4n) is 3.02. The zero-order valence-electron chi connectivity index (χ0n) is 18.0. The van der Waals surface area contributed by atoms with Crippen molar-refractivity contribution >= 4 is 5.96 Å². The summed E-state index contributed by atoms with van der Waals surface area (Å²) in [5.41, 5.74) is 1.02. The molecule has 0 saturated carbocycles. The Morgan fingerprint density at radius 2 is 1.86 bits per heavy atom. The second-order valence-electron chi connectivity index (χ2n) is 6.22. The van der Waals surface area contributed by atoms with E-state index in [0.717, 1.165) is 43.4 Å². The van der Waals surface area contributed by atoms with E-state index in [9.17, 15) is 0 Å². The van der Waals surface area contributed by atoms with Gasteiger partial charge in [-0.05, 0) is 19.4 Å². The van der Waals surface area contributed by atoms with Gasteiger partial charge < -0.3 is 29.4 Å². The van der Waals surface area contributed by atoms with Crippen LogP contribution in [0.2, 0.25) is 0 Å². The molecule has 2 aromatic rings. The average Bonchev–Trinajstić information content (AvgIpc) is 3.20. The maximum atomic E-state index is 5.54. The molecule has 1 aromatic heterocycles. The van der Waals surface area contributed by atoms with Crippen molar-refractivity contribution in [2.75, 3.05) is 41.0 Å². The molecule has 0 atom stereocenters. The standard InChI is InChI=1S/C20H32N6O3/c1-6-17-25-24-14-26(17)13-12-23-20(21-7-2)22-11-10-15-8-9-16(27-3)19(29-5)18(15)28-4/h8-9,14H,6-7,10-13H2,1-5H3,(H2,21,22,23). The number of aliphatic imine (C=N–C) groups is 1. The summed E-state index contributed by atoms with van der Waals surface area (Å²) in [6, 6.07) is 3.86. The first-order chi connectivity index (χ1) is 14.2. The van der Waals surface area contributed by atoms with E-state index >= 15 is 0 Å². The van der Waals surface area contributed by atoms with Crippen molar-refractivity contribution < 1.29 is 14.2 Å². The highest BCUT2D eigenvalue weighted by molar-refractivity contribution is 5.79. The summed E-state index contributed by atoms with van der Waals surface area (Å²) in [4.78, 5) is 4.67. The van der Waals surface area contributed by atoms with Crippen LogP contribution < -0.4 is 24.8 Å². The van der Waals surface area contributed by atoms with Crippen LogP contribution in [0.1, 0.15) is 25.2 Å². The second kappa shape index (κ2) is 11.8. The van der Waals surface area contributed by atoms with Gasteiger partial charge in [-0.2, -0.15) is 0 Å². The molecule has 0 aliphatic carbocycles. The number of hydrogen-bond donors (Lipinski definition) is 2. The predicted molar refractivity (Wildman–Crippen MR) is 113 cm³/mol. The van der Waals surface area contributed by atoms with E-state index in [2.05, 4.69) is 32.7 Å². The van der Waals surface area contributed by atoms with Crippen LogP contribution in [-0.2, 0) is 19.4 Å². The molecule has 1 heterocycles. The van der Waals surface area contributed by atoms with E-state index in [1.165, 1.54) is 0 Å². The quantitative estimate of drug-likeness (QED) is 0.434. The number of hydrogen-bond acceptors (Lipinski definition) is 6. The maximum absolute atomic E-state index is 5.54. The Hall–Kier alpha value is -2.97.